The molecule has 0 bridgehead atoms. The van der Waals surface area contributed by atoms with Gasteiger partial charge in [0.15, 0.2) is 11.6 Å². The highest BCUT2D eigenvalue weighted by molar-refractivity contribution is 6.30. The van der Waals surface area contributed by atoms with Crippen LogP contribution in [0, 0.1) is 0 Å². The van der Waals surface area contributed by atoms with Gasteiger partial charge in [0.1, 0.15) is 0 Å². The Labute approximate surface area is 177 Å². The van der Waals surface area contributed by atoms with E-state index in [9.17, 15) is 0 Å². The maximum Gasteiger partial charge on any atom is 0.187 e. The third-order valence-corrected chi connectivity index (χ3v) is 5.53. The van der Waals surface area contributed by atoms with Gasteiger partial charge in [-0.3, -0.25) is 5.01 Å². The molecule has 5 nitrogen and oxygen atoms in total. The van der Waals surface area contributed by atoms with E-state index in [1.807, 2.05) is 54.6 Å². The van der Waals surface area contributed by atoms with Crippen molar-refractivity contribution in [3.63, 3.8) is 0 Å². The first-order valence-electron chi connectivity index (χ1n) is 10.3. The molecular weight excluding hydrogens is 382 g/mol. The van der Waals surface area contributed by atoms with Gasteiger partial charge in [-0.05, 0) is 37.5 Å². The Morgan fingerprint density at radius 2 is 1.66 bits per heavy atom. The molecule has 0 saturated carbocycles. The van der Waals surface area contributed by atoms with Crippen LogP contribution in [0.5, 0.6) is 0 Å². The van der Waals surface area contributed by atoms with E-state index < -0.39 is 0 Å². The molecule has 0 radical (unpaired) electrons. The second-order valence-corrected chi connectivity index (χ2v) is 7.74. The summed E-state index contributed by atoms with van der Waals surface area (Å²) in [5, 5.41) is 14.5. The third-order valence-electron chi connectivity index (χ3n) is 5.27. The number of piperidine rings is 1. The minimum absolute atomic E-state index is 0.660. The lowest BCUT2D eigenvalue weighted by Gasteiger charge is -2.37. The fourth-order valence-electron chi connectivity index (χ4n) is 3.78. The Hall–Kier alpha value is -2.50. The smallest absolute Gasteiger partial charge is 0.187 e. The van der Waals surface area contributed by atoms with E-state index in [0.717, 1.165) is 47.3 Å². The van der Waals surface area contributed by atoms with Crippen molar-refractivity contribution in [1.29, 1.82) is 0 Å². The molecular formula is C23H26ClN5. The summed E-state index contributed by atoms with van der Waals surface area (Å²) in [6.07, 6.45) is 4.41. The average molecular weight is 408 g/mol. The Bertz CT molecular complexity index is 924. The highest BCUT2D eigenvalue weighted by atomic mass is 35.5. The van der Waals surface area contributed by atoms with E-state index in [1.165, 1.54) is 19.3 Å². The highest BCUT2D eigenvalue weighted by Crippen LogP contribution is 2.25. The predicted octanol–water partition coefficient (Wildman–Crippen LogP) is 5.01. The van der Waals surface area contributed by atoms with E-state index in [-0.39, 0.29) is 0 Å². The van der Waals surface area contributed by atoms with Crippen molar-refractivity contribution in [2.24, 2.45) is 0 Å². The van der Waals surface area contributed by atoms with Crippen LogP contribution >= 0.6 is 11.6 Å². The third kappa shape index (κ3) is 4.74. The summed E-state index contributed by atoms with van der Waals surface area (Å²) in [6, 6.07) is 18.0. The number of aromatic nitrogens is 3. The quantitative estimate of drug-likeness (QED) is 0.574. The minimum atomic E-state index is 0.660. The summed E-state index contributed by atoms with van der Waals surface area (Å²) >= 11 is 6.07. The number of anilines is 1. The minimum Gasteiger partial charge on any atom is -0.287 e. The SMILES string of the molecule is CCN(c1nnc(-c2ccccc2)nc1Cc1ccc(Cl)cc1)N1CCCCC1. The van der Waals surface area contributed by atoms with Crippen molar-refractivity contribution >= 4 is 17.4 Å². The maximum absolute atomic E-state index is 6.07. The summed E-state index contributed by atoms with van der Waals surface area (Å²) in [5.41, 5.74) is 3.07. The van der Waals surface area contributed by atoms with Gasteiger partial charge in [0.05, 0.1) is 5.69 Å². The van der Waals surface area contributed by atoms with Gasteiger partial charge in [0.2, 0.25) is 0 Å². The number of hydrogen-bond donors (Lipinski definition) is 0. The molecule has 0 unspecified atom stereocenters. The summed E-state index contributed by atoms with van der Waals surface area (Å²) in [4.78, 5) is 4.95. The predicted molar refractivity (Wildman–Crippen MR) is 118 cm³/mol. The van der Waals surface area contributed by atoms with Crippen LogP contribution in [0.15, 0.2) is 54.6 Å². The molecule has 1 aliphatic rings. The van der Waals surface area contributed by atoms with Crippen LogP contribution in [0.2, 0.25) is 5.02 Å². The zero-order chi connectivity index (χ0) is 20.1. The van der Waals surface area contributed by atoms with Gasteiger partial charge in [-0.15, -0.1) is 10.2 Å². The van der Waals surface area contributed by atoms with E-state index in [0.29, 0.717) is 12.2 Å². The molecule has 1 aliphatic heterocycles. The number of hydrogen-bond acceptors (Lipinski definition) is 5. The lowest BCUT2D eigenvalue weighted by atomic mass is 10.1. The molecule has 3 aromatic rings. The van der Waals surface area contributed by atoms with Gasteiger partial charge in [-0.2, -0.15) is 0 Å². The van der Waals surface area contributed by atoms with Crippen LogP contribution in [-0.2, 0) is 6.42 Å². The van der Waals surface area contributed by atoms with Gasteiger partial charge < -0.3 is 0 Å². The van der Waals surface area contributed by atoms with Crippen molar-refractivity contribution in [2.75, 3.05) is 24.6 Å². The number of rotatable bonds is 6. The molecule has 0 atom stereocenters. The van der Waals surface area contributed by atoms with Crippen LogP contribution in [0.3, 0.4) is 0 Å². The normalized spacial score (nSPS) is 14.7. The topological polar surface area (TPSA) is 45.2 Å². The van der Waals surface area contributed by atoms with Crippen LogP contribution < -0.4 is 5.01 Å². The molecule has 1 fully saturated rings. The second-order valence-electron chi connectivity index (χ2n) is 7.31. The van der Waals surface area contributed by atoms with Gasteiger partial charge in [0, 0.05) is 36.6 Å². The summed E-state index contributed by atoms with van der Waals surface area (Å²) in [5.74, 6) is 1.51. The van der Waals surface area contributed by atoms with E-state index in [4.69, 9.17) is 16.6 Å². The van der Waals surface area contributed by atoms with Crippen molar-refractivity contribution in [3.8, 4) is 11.4 Å². The maximum atomic E-state index is 6.07. The summed E-state index contributed by atoms with van der Waals surface area (Å²) in [6.45, 7) is 5.11. The van der Waals surface area contributed by atoms with E-state index >= 15 is 0 Å². The van der Waals surface area contributed by atoms with Crippen LogP contribution in [0.1, 0.15) is 37.4 Å². The Morgan fingerprint density at radius 1 is 0.931 bits per heavy atom. The zero-order valence-electron chi connectivity index (χ0n) is 16.8. The molecule has 150 valence electrons. The van der Waals surface area contributed by atoms with Gasteiger partial charge in [0.25, 0.3) is 0 Å². The number of nitrogens with zero attached hydrogens (tertiary/aromatic N) is 5. The van der Waals surface area contributed by atoms with Gasteiger partial charge >= 0.3 is 0 Å². The fraction of sp³-hybridized carbons (Fsp3) is 0.348. The first kappa shape index (κ1) is 19.8. The van der Waals surface area contributed by atoms with Crippen molar-refractivity contribution < 1.29 is 0 Å². The van der Waals surface area contributed by atoms with E-state index in [2.05, 4.69) is 27.1 Å². The molecule has 0 spiro atoms. The first-order chi connectivity index (χ1) is 14.2. The van der Waals surface area contributed by atoms with Gasteiger partial charge in [-0.25, -0.2) is 9.99 Å². The van der Waals surface area contributed by atoms with E-state index in [1.54, 1.807) is 0 Å². The number of halogens is 1. The molecule has 29 heavy (non-hydrogen) atoms. The Balaban J connectivity index is 1.73. The molecule has 0 aliphatic carbocycles. The monoisotopic (exact) mass is 407 g/mol. The molecule has 0 N–H and O–H groups in total. The molecule has 1 aromatic heterocycles. The van der Waals surface area contributed by atoms with Crippen molar-refractivity contribution in [3.05, 3.63) is 70.9 Å². The van der Waals surface area contributed by atoms with Crippen LogP contribution in [0.4, 0.5) is 5.82 Å². The largest absolute Gasteiger partial charge is 0.287 e. The lowest BCUT2D eigenvalue weighted by Crippen LogP contribution is -2.46. The lowest BCUT2D eigenvalue weighted by molar-refractivity contribution is 0.208. The van der Waals surface area contributed by atoms with Crippen LogP contribution in [-0.4, -0.2) is 39.8 Å². The standard InChI is InChI=1S/C23H26ClN5/c1-2-29(28-15-7-4-8-16-28)23-21(17-18-11-13-20(24)14-12-18)25-22(26-27-23)19-9-5-3-6-10-19/h3,5-6,9-14H,2,4,7-8,15-17H2,1H3. The van der Waals surface area contributed by atoms with Crippen molar-refractivity contribution in [2.45, 2.75) is 32.6 Å². The molecule has 0 amide bonds. The molecule has 4 rings (SSSR count). The molecule has 6 heteroatoms. The summed E-state index contributed by atoms with van der Waals surface area (Å²) < 4.78 is 0. The molecule has 1 saturated heterocycles. The van der Waals surface area contributed by atoms with Gasteiger partial charge in [-0.1, -0.05) is 60.5 Å². The molecule has 2 heterocycles. The first-order valence-corrected chi connectivity index (χ1v) is 10.7. The average Bonchev–Trinajstić information content (AvgIpc) is 2.78. The molecule has 2 aromatic carbocycles. The summed E-state index contributed by atoms with van der Waals surface area (Å²) in [7, 11) is 0. The van der Waals surface area contributed by atoms with Crippen molar-refractivity contribution in [1.82, 2.24) is 20.2 Å². The highest BCUT2D eigenvalue weighted by Gasteiger charge is 2.23. The Morgan fingerprint density at radius 3 is 2.34 bits per heavy atom. The number of benzene rings is 2. The number of hydrazine groups is 1. The zero-order valence-corrected chi connectivity index (χ0v) is 17.5. The van der Waals surface area contributed by atoms with Crippen LogP contribution in [0.25, 0.3) is 11.4 Å². The Kier molecular flexibility index (Phi) is 6.37. The fourth-order valence-corrected chi connectivity index (χ4v) is 3.91. The second kappa shape index (κ2) is 9.33.